The van der Waals surface area contributed by atoms with Gasteiger partial charge in [0.05, 0.1) is 0 Å². The molecule has 0 radical (unpaired) electrons. The highest BCUT2D eigenvalue weighted by Crippen LogP contribution is 2.02. The lowest BCUT2D eigenvalue weighted by atomic mass is 10.1. The van der Waals surface area contributed by atoms with Gasteiger partial charge >= 0.3 is 5.97 Å². The Morgan fingerprint density at radius 1 is 1.36 bits per heavy atom. The zero-order chi connectivity index (χ0) is 8.43. The van der Waals surface area contributed by atoms with Crippen LogP contribution in [0.25, 0.3) is 0 Å². The second-order valence-corrected chi connectivity index (χ2v) is 2.13. The third-order valence-electron chi connectivity index (χ3n) is 1.28. The van der Waals surface area contributed by atoms with Crippen LogP contribution >= 0.6 is 0 Å². The number of ketones is 1. The highest BCUT2D eigenvalue weighted by Gasteiger charge is 2.20. The molecular weight excluding hydrogens is 148 g/mol. The van der Waals surface area contributed by atoms with Crippen molar-refractivity contribution in [3.63, 3.8) is 0 Å². The Balaban J connectivity index is 2.66. The Hall–Kier alpha value is -1.52. The molecule has 5 nitrogen and oxygen atoms in total. The standard InChI is InChI=1S/C6H6N2O3/c1-3(9)4-2-5(6(10)11)8-7-4/h2H2,1H3,(H,10,11). The Kier molecular flexibility index (Phi) is 1.80. The molecule has 1 N–H and O–H groups in total. The van der Waals surface area contributed by atoms with Gasteiger partial charge in [-0.2, -0.15) is 5.10 Å². The second kappa shape index (κ2) is 2.61. The molecule has 11 heavy (non-hydrogen) atoms. The lowest BCUT2D eigenvalue weighted by molar-refractivity contribution is -0.129. The maximum atomic E-state index is 10.6. The minimum Gasteiger partial charge on any atom is -0.477 e. The van der Waals surface area contributed by atoms with Gasteiger partial charge in [0.15, 0.2) is 11.5 Å². The molecule has 0 atom stereocenters. The molecule has 0 bridgehead atoms. The minimum atomic E-state index is -1.12. The summed E-state index contributed by atoms with van der Waals surface area (Å²) >= 11 is 0. The van der Waals surface area contributed by atoms with E-state index in [-0.39, 0.29) is 23.6 Å². The van der Waals surface area contributed by atoms with Crippen LogP contribution in [0.1, 0.15) is 13.3 Å². The predicted octanol–water partition coefficient (Wildman–Crippen LogP) is -0.139. The molecule has 1 aliphatic heterocycles. The normalized spacial score (nSPS) is 15.7. The first-order chi connectivity index (χ1) is 5.11. The summed E-state index contributed by atoms with van der Waals surface area (Å²) in [5.74, 6) is -1.35. The third-order valence-corrected chi connectivity index (χ3v) is 1.28. The van der Waals surface area contributed by atoms with Crippen molar-refractivity contribution in [2.75, 3.05) is 0 Å². The van der Waals surface area contributed by atoms with Crippen LogP contribution in [0.15, 0.2) is 10.2 Å². The number of carboxylic acid groups (broad SMARTS) is 1. The quantitative estimate of drug-likeness (QED) is 0.601. The fraction of sp³-hybridized carbons (Fsp3) is 0.333. The van der Waals surface area contributed by atoms with Crippen LogP contribution in [0.3, 0.4) is 0 Å². The van der Waals surface area contributed by atoms with Gasteiger partial charge in [0.2, 0.25) is 0 Å². The van der Waals surface area contributed by atoms with Gasteiger partial charge in [0.1, 0.15) is 5.71 Å². The van der Waals surface area contributed by atoms with Crippen molar-refractivity contribution < 1.29 is 14.7 Å². The van der Waals surface area contributed by atoms with Crippen molar-refractivity contribution in [2.45, 2.75) is 13.3 Å². The van der Waals surface area contributed by atoms with E-state index >= 15 is 0 Å². The fourth-order valence-corrected chi connectivity index (χ4v) is 0.663. The summed E-state index contributed by atoms with van der Waals surface area (Å²) in [4.78, 5) is 20.9. The van der Waals surface area contributed by atoms with Crippen LogP contribution in [0.5, 0.6) is 0 Å². The van der Waals surface area contributed by atoms with E-state index in [1.54, 1.807) is 0 Å². The monoisotopic (exact) mass is 154 g/mol. The lowest BCUT2D eigenvalue weighted by Crippen LogP contribution is -2.16. The second-order valence-electron chi connectivity index (χ2n) is 2.13. The van der Waals surface area contributed by atoms with E-state index in [0.717, 1.165) is 0 Å². The van der Waals surface area contributed by atoms with Gasteiger partial charge in [0.25, 0.3) is 0 Å². The molecular formula is C6H6N2O3. The number of carboxylic acids is 1. The average Bonchev–Trinajstić information content (AvgIpc) is 2.33. The number of Topliss-reactive ketones (excluding diaryl/α,β-unsaturated/α-hetero) is 1. The predicted molar refractivity (Wildman–Crippen MR) is 37.8 cm³/mol. The fourth-order valence-electron chi connectivity index (χ4n) is 0.663. The molecule has 1 heterocycles. The number of rotatable bonds is 2. The highest BCUT2D eigenvalue weighted by molar-refractivity contribution is 6.51. The van der Waals surface area contributed by atoms with Crippen molar-refractivity contribution in [3.8, 4) is 0 Å². The number of nitrogens with zero attached hydrogens (tertiary/aromatic N) is 2. The van der Waals surface area contributed by atoms with E-state index in [1.165, 1.54) is 6.92 Å². The van der Waals surface area contributed by atoms with E-state index in [4.69, 9.17) is 5.11 Å². The summed E-state index contributed by atoms with van der Waals surface area (Å²) in [5.41, 5.74) is 0.137. The van der Waals surface area contributed by atoms with Crippen LogP contribution in [0.2, 0.25) is 0 Å². The van der Waals surface area contributed by atoms with Crippen LogP contribution in [0.4, 0.5) is 0 Å². The molecule has 0 saturated carbocycles. The van der Waals surface area contributed by atoms with Gasteiger partial charge in [-0.3, -0.25) is 4.79 Å². The SMILES string of the molecule is CC(=O)C1=NN=C(C(=O)O)C1. The van der Waals surface area contributed by atoms with Crippen LogP contribution in [-0.4, -0.2) is 28.3 Å². The van der Waals surface area contributed by atoms with Gasteiger partial charge in [-0.1, -0.05) is 0 Å². The van der Waals surface area contributed by atoms with Crippen LogP contribution < -0.4 is 0 Å². The molecule has 0 spiro atoms. The first kappa shape index (κ1) is 7.59. The Morgan fingerprint density at radius 2 is 1.91 bits per heavy atom. The smallest absolute Gasteiger partial charge is 0.352 e. The molecule has 1 rings (SSSR count). The van der Waals surface area contributed by atoms with E-state index in [1.807, 2.05) is 0 Å². The Morgan fingerprint density at radius 3 is 2.18 bits per heavy atom. The molecule has 0 aromatic carbocycles. The van der Waals surface area contributed by atoms with Gasteiger partial charge < -0.3 is 5.11 Å². The van der Waals surface area contributed by atoms with E-state index in [2.05, 4.69) is 10.2 Å². The van der Waals surface area contributed by atoms with E-state index in [0.29, 0.717) is 0 Å². The van der Waals surface area contributed by atoms with E-state index in [9.17, 15) is 9.59 Å². The number of hydrogen-bond donors (Lipinski definition) is 1. The summed E-state index contributed by atoms with van der Waals surface area (Å²) < 4.78 is 0. The molecule has 0 aromatic rings. The first-order valence-corrected chi connectivity index (χ1v) is 2.99. The zero-order valence-corrected chi connectivity index (χ0v) is 5.87. The first-order valence-electron chi connectivity index (χ1n) is 2.99. The number of aliphatic carboxylic acids is 1. The maximum absolute atomic E-state index is 10.6. The zero-order valence-electron chi connectivity index (χ0n) is 5.87. The molecule has 5 heteroatoms. The number of carbonyl (C=O) groups is 2. The topological polar surface area (TPSA) is 79.1 Å². The molecule has 0 amide bonds. The summed E-state index contributed by atoms with van der Waals surface area (Å²) in [5, 5.41) is 15.1. The molecule has 58 valence electrons. The highest BCUT2D eigenvalue weighted by atomic mass is 16.4. The number of hydrogen-bond acceptors (Lipinski definition) is 4. The van der Waals surface area contributed by atoms with E-state index < -0.39 is 5.97 Å². The molecule has 0 aliphatic carbocycles. The molecule has 1 aliphatic rings. The van der Waals surface area contributed by atoms with Crippen LogP contribution in [0, 0.1) is 0 Å². The largest absolute Gasteiger partial charge is 0.477 e. The van der Waals surface area contributed by atoms with Crippen LogP contribution in [-0.2, 0) is 9.59 Å². The van der Waals surface area contributed by atoms with Crippen molar-refractivity contribution >= 4 is 23.2 Å². The van der Waals surface area contributed by atoms with Gasteiger partial charge in [-0.25, -0.2) is 4.79 Å². The summed E-state index contributed by atoms with van der Waals surface area (Å²) in [6.45, 7) is 1.33. The summed E-state index contributed by atoms with van der Waals surface area (Å²) in [6, 6.07) is 0. The number of carbonyl (C=O) groups excluding carboxylic acids is 1. The van der Waals surface area contributed by atoms with Gasteiger partial charge in [-0.15, -0.1) is 5.10 Å². The van der Waals surface area contributed by atoms with Gasteiger partial charge in [0, 0.05) is 13.3 Å². The van der Waals surface area contributed by atoms with Crippen molar-refractivity contribution in [2.24, 2.45) is 10.2 Å². The molecule has 0 aromatic heterocycles. The lowest BCUT2D eigenvalue weighted by Gasteiger charge is -1.89. The summed E-state index contributed by atoms with van der Waals surface area (Å²) in [7, 11) is 0. The average molecular weight is 154 g/mol. The maximum Gasteiger partial charge on any atom is 0.352 e. The Labute approximate surface area is 62.4 Å². The van der Waals surface area contributed by atoms with Crippen molar-refractivity contribution in [1.82, 2.24) is 0 Å². The van der Waals surface area contributed by atoms with Crippen molar-refractivity contribution in [3.05, 3.63) is 0 Å². The third kappa shape index (κ3) is 1.49. The van der Waals surface area contributed by atoms with Gasteiger partial charge in [-0.05, 0) is 0 Å². The molecule has 0 saturated heterocycles. The summed E-state index contributed by atoms with van der Waals surface area (Å²) in [6.07, 6.45) is 0.0463. The Bertz CT molecular complexity index is 250. The minimum absolute atomic E-state index is 0.0463. The molecule has 0 unspecified atom stereocenters. The van der Waals surface area contributed by atoms with Crippen molar-refractivity contribution in [1.29, 1.82) is 0 Å². The molecule has 0 fully saturated rings.